The quantitative estimate of drug-likeness (QED) is 0.782. The summed E-state index contributed by atoms with van der Waals surface area (Å²) < 4.78 is 26.6. The fourth-order valence-corrected chi connectivity index (χ4v) is 1.19. The zero-order chi connectivity index (χ0) is 9.90. The standard InChI is InChI=1S/C9H12F2N2/c1-7-8(3-2-6-13-7)9(10,11)4-5-12/h2-3,6H,4-5,12H2,1H3. The van der Waals surface area contributed by atoms with Gasteiger partial charge in [-0.05, 0) is 25.6 Å². The lowest BCUT2D eigenvalue weighted by Gasteiger charge is -2.16. The number of hydrogen-bond acceptors (Lipinski definition) is 2. The first-order valence-corrected chi connectivity index (χ1v) is 4.08. The highest BCUT2D eigenvalue weighted by atomic mass is 19.3. The number of aromatic nitrogens is 1. The van der Waals surface area contributed by atoms with Crippen LogP contribution in [0.4, 0.5) is 8.78 Å². The topological polar surface area (TPSA) is 38.9 Å². The van der Waals surface area contributed by atoms with E-state index in [1.165, 1.54) is 18.3 Å². The van der Waals surface area contributed by atoms with Crippen molar-refractivity contribution in [1.29, 1.82) is 0 Å². The first-order valence-electron chi connectivity index (χ1n) is 4.08. The third kappa shape index (κ3) is 2.21. The molecule has 1 rings (SSSR count). The summed E-state index contributed by atoms with van der Waals surface area (Å²) in [6.07, 6.45) is 1.16. The number of aryl methyl sites for hydroxylation is 1. The Labute approximate surface area is 75.8 Å². The van der Waals surface area contributed by atoms with Gasteiger partial charge in [0.2, 0.25) is 0 Å². The predicted molar refractivity (Wildman–Crippen MR) is 46.5 cm³/mol. The average Bonchev–Trinajstić information content (AvgIpc) is 2.04. The van der Waals surface area contributed by atoms with Gasteiger partial charge in [-0.2, -0.15) is 0 Å². The van der Waals surface area contributed by atoms with E-state index >= 15 is 0 Å². The molecule has 0 saturated carbocycles. The second-order valence-electron chi connectivity index (χ2n) is 2.88. The van der Waals surface area contributed by atoms with E-state index < -0.39 is 5.92 Å². The smallest absolute Gasteiger partial charge is 0.276 e. The van der Waals surface area contributed by atoms with Crippen molar-refractivity contribution in [2.75, 3.05) is 6.54 Å². The number of rotatable bonds is 3. The molecular weight excluding hydrogens is 174 g/mol. The Morgan fingerprint density at radius 1 is 1.54 bits per heavy atom. The Balaban J connectivity index is 2.99. The van der Waals surface area contributed by atoms with Crippen molar-refractivity contribution in [3.63, 3.8) is 0 Å². The lowest BCUT2D eigenvalue weighted by atomic mass is 10.0. The zero-order valence-electron chi connectivity index (χ0n) is 7.43. The normalized spacial score (nSPS) is 11.7. The van der Waals surface area contributed by atoms with Crippen LogP contribution in [0, 0.1) is 6.92 Å². The Morgan fingerprint density at radius 3 is 2.77 bits per heavy atom. The predicted octanol–water partition coefficient (Wildman–Crippen LogP) is 1.83. The largest absolute Gasteiger partial charge is 0.330 e. The van der Waals surface area contributed by atoms with Crippen LogP contribution < -0.4 is 5.73 Å². The van der Waals surface area contributed by atoms with Gasteiger partial charge in [0.05, 0.1) is 0 Å². The van der Waals surface area contributed by atoms with Crippen molar-refractivity contribution < 1.29 is 8.78 Å². The summed E-state index contributed by atoms with van der Waals surface area (Å²) in [7, 11) is 0. The summed E-state index contributed by atoms with van der Waals surface area (Å²) in [5, 5.41) is 0. The van der Waals surface area contributed by atoms with Gasteiger partial charge in [-0.1, -0.05) is 0 Å². The van der Waals surface area contributed by atoms with Gasteiger partial charge >= 0.3 is 0 Å². The maximum Gasteiger partial charge on any atom is 0.276 e. The van der Waals surface area contributed by atoms with E-state index in [4.69, 9.17) is 5.73 Å². The van der Waals surface area contributed by atoms with E-state index in [1.54, 1.807) is 6.92 Å². The molecule has 2 N–H and O–H groups in total. The first-order chi connectivity index (χ1) is 6.08. The summed E-state index contributed by atoms with van der Waals surface area (Å²) in [6.45, 7) is 1.54. The highest BCUT2D eigenvalue weighted by Gasteiger charge is 2.32. The van der Waals surface area contributed by atoms with Crippen molar-refractivity contribution in [3.05, 3.63) is 29.6 Å². The van der Waals surface area contributed by atoms with E-state index in [-0.39, 0.29) is 18.5 Å². The molecule has 0 fully saturated rings. The molecule has 0 aliphatic rings. The number of alkyl halides is 2. The molecule has 0 aliphatic heterocycles. The minimum Gasteiger partial charge on any atom is -0.330 e. The molecule has 1 heterocycles. The third-order valence-corrected chi connectivity index (χ3v) is 1.86. The van der Waals surface area contributed by atoms with Crippen LogP contribution in [-0.4, -0.2) is 11.5 Å². The van der Waals surface area contributed by atoms with E-state index in [0.717, 1.165) is 0 Å². The van der Waals surface area contributed by atoms with Gasteiger partial charge in [0.1, 0.15) is 0 Å². The van der Waals surface area contributed by atoms with Crippen LogP contribution in [0.3, 0.4) is 0 Å². The van der Waals surface area contributed by atoms with E-state index in [2.05, 4.69) is 4.98 Å². The fourth-order valence-electron chi connectivity index (χ4n) is 1.19. The molecule has 1 aromatic rings. The monoisotopic (exact) mass is 186 g/mol. The first kappa shape index (κ1) is 10.1. The van der Waals surface area contributed by atoms with Gasteiger partial charge in [0.15, 0.2) is 0 Å². The Kier molecular flexibility index (Phi) is 2.93. The van der Waals surface area contributed by atoms with E-state index in [9.17, 15) is 8.78 Å². The van der Waals surface area contributed by atoms with Crippen molar-refractivity contribution in [2.45, 2.75) is 19.3 Å². The molecular formula is C9H12F2N2. The summed E-state index contributed by atoms with van der Waals surface area (Å²) in [6, 6.07) is 2.89. The minimum atomic E-state index is -2.85. The molecule has 1 aromatic heterocycles. The van der Waals surface area contributed by atoms with Gasteiger partial charge in [-0.15, -0.1) is 0 Å². The maximum absolute atomic E-state index is 13.3. The number of nitrogens with two attached hydrogens (primary N) is 1. The van der Waals surface area contributed by atoms with Crippen LogP contribution in [0.5, 0.6) is 0 Å². The molecule has 72 valence electrons. The summed E-state index contributed by atoms with van der Waals surface area (Å²) in [4.78, 5) is 3.81. The van der Waals surface area contributed by atoms with Crippen LogP contribution >= 0.6 is 0 Å². The highest BCUT2D eigenvalue weighted by Crippen LogP contribution is 2.32. The summed E-state index contributed by atoms with van der Waals surface area (Å²) in [5.74, 6) is -2.85. The Morgan fingerprint density at radius 2 is 2.23 bits per heavy atom. The average molecular weight is 186 g/mol. The van der Waals surface area contributed by atoms with E-state index in [1.807, 2.05) is 0 Å². The van der Waals surface area contributed by atoms with Gasteiger partial charge in [-0.3, -0.25) is 4.98 Å². The second kappa shape index (κ2) is 3.79. The molecule has 2 nitrogen and oxygen atoms in total. The SMILES string of the molecule is Cc1ncccc1C(F)(F)CCN. The third-order valence-electron chi connectivity index (χ3n) is 1.86. The molecule has 13 heavy (non-hydrogen) atoms. The molecule has 0 aromatic carbocycles. The van der Waals surface area contributed by atoms with Crippen molar-refractivity contribution in [3.8, 4) is 0 Å². The summed E-state index contributed by atoms with van der Waals surface area (Å²) in [5.41, 5.74) is 5.44. The van der Waals surface area contributed by atoms with Gasteiger partial charge in [-0.25, -0.2) is 8.78 Å². The number of halogens is 2. The number of nitrogens with zero attached hydrogens (tertiary/aromatic N) is 1. The van der Waals surface area contributed by atoms with Crippen LogP contribution in [0.2, 0.25) is 0 Å². The van der Waals surface area contributed by atoms with Gasteiger partial charge in [0.25, 0.3) is 5.92 Å². The molecule has 0 radical (unpaired) electrons. The number of hydrogen-bond donors (Lipinski definition) is 1. The molecule has 0 bridgehead atoms. The molecule has 4 heteroatoms. The molecule has 0 aliphatic carbocycles. The minimum absolute atomic E-state index is 0.0265. The fraction of sp³-hybridized carbons (Fsp3) is 0.444. The van der Waals surface area contributed by atoms with Crippen LogP contribution in [0.1, 0.15) is 17.7 Å². The van der Waals surface area contributed by atoms with Crippen molar-refractivity contribution >= 4 is 0 Å². The van der Waals surface area contributed by atoms with Crippen LogP contribution in [0.25, 0.3) is 0 Å². The molecule has 0 amide bonds. The van der Waals surface area contributed by atoms with Gasteiger partial charge < -0.3 is 5.73 Å². The molecule has 0 atom stereocenters. The lowest BCUT2D eigenvalue weighted by molar-refractivity contribution is -0.0117. The second-order valence-corrected chi connectivity index (χ2v) is 2.88. The lowest BCUT2D eigenvalue weighted by Crippen LogP contribution is -2.20. The zero-order valence-corrected chi connectivity index (χ0v) is 7.43. The van der Waals surface area contributed by atoms with Crippen molar-refractivity contribution in [2.24, 2.45) is 5.73 Å². The number of pyridine rings is 1. The van der Waals surface area contributed by atoms with Crippen LogP contribution in [0.15, 0.2) is 18.3 Å². The molecule has 0 unspecified atom stereocenters. The van der Waals surface area contributed by atoms with Crippen molar-refractivity contribution in [1.82, 2.24) is 4.98 Å². The highest BCUT2D eigenvalue weighted by molar-refractivity contribution is 5.23. The maximum atomic E-state index is 13.3. The molecule has 0 saturated heterocycles. The summed E-state index contributed by atoms with van der Waals surface area (Å²) >= 11 is 0. The van der Waals surface area contributed by atoms with E-state index in [0.29, 0.717) is 5.69 Å². The van der Waals surface area contributed by atoms with Gasteiger partial charge in [0, 0.05) is 23.9 Å². The van der Waals surface area contributed by atoms with Crippen LogP contribution in [-0.2, 0) is 5.92 Å². The Bertz CT molecular complexity index is 287. The Hall–Kier alpha value is -1.03. The molecule has 0 spiro atoms.